The maximum atomic E-state index is 13.1. The van der Waals surface area contributed by atoms with Gasteiger partial charge in [-0.25, -0.2) is 4.79 Å². The highest BCUT2D eigenvalue weighted by atomic mass is 35.6. The number of aliphatic carboxylic acids is 1. The Bertz CT molecular complexity index is 875. The average molecular weight is 624 g/mol. The van der Waals surface area contributed by atoms with Crippen LogP contribution in [0.15, 0.2) is 24.3 Å². The smallest absolute Gasteiger partial charge is 0.358 e. The van der Waals surface area contributed by atoms with E-state index in [9.17, 15) is 14.4 Å². The number of carboxylic acids is 1. The summed E-state index contributed by atoms with van der Waals surface area (Å²) in [7, 11) is 0. The number of Topliss-reactive ketones (excluding diaryl/α,β-unsaturated/α-hetero) is 1. The van der Waals surface area contributed by atoms with Gasteiger partial charge in [-0.15, -0.1) is 0 Å². The van der Waals surface area contributed by atoms with Gasteiger partial charge in [-0.1, -0.05) is 92.7 Å². The fraction of sp³-hybridized carbons (Fsp3) is 0.767. The lowest BCUT2D eigenvalue weighted by Crippen LogP contribution is -2.36. The lowest BCUT2D eigenvalue weighted by atomic mass is 9.79. The van der Waals surface area contributed by atoms with E-state index in [0.717, 1.165) is 38.5 Å². The number of ketones is 1. The van der Waals surface area contributed by atoms with Crippen LogP contribution in [-0.4, -0.2) is 52.2 Å². The second-order valence-corrected chi connectivity index (χ2v) is 13.8. The van der Waals surface area contributed by atoms with E-state index < -0.39 is 15.7 Å². The molecule has 228 valence electrons. The second kappa shape index (κ2) is 17.1. The Morgan fingerprint density at radius 2 is 1.93 bits per heavy atom. The third-order valence-corrected chi connectivity index (χ3v) is 8.22. The third-order valence-electron chi connectivity index (χ3n) is 7.75. The highest BCUT2D eigenvalue weighted by molar-refractivity contribution is 6.75. The highest BCUT2D eigenvalue weighted by Crippen LogP contribution is 2.40. The van der Waals surface area contributed by atoms with Gasteiger partial charge in [-0.3, -0.25) is 9.59 Å². The number of ether oxygens (including phenoxy) is 3. The number of hydrogen-bond acceptors (Lipinski definition) is 6. The number of carbonyl (C=O) groups is 3. The molecular formula is C30H45Cl3O7. The molecule has 0 aromatic heterocycles. The van der Waals surface area contributed by atoms with Crippen molar-refractivity contribution >= 4 is 52.5 Å². The van der Waals surface area contributed by atoms with E-state index in [1.54, 1.807) is 0 Å². The zero-order valence-electron chi connectivity index (χ0n) is 23.9. The molecule has 10 heteroatoms. The van der Waals surface area contributed by atoms with Crippen LogP contribution < -0.4 is 0 Å². The molecule has 0 amide bonds. The second-order valence-electron chi connectivity index (χ2n) is 11.5. The van der Waals surface area contributed by atoms with Crippen LogP contribution in [0.25, 0.3) is 0 Å². The third kappa shape index (κ3) is 12.0. The van der Waals surface area contributed by atoms with E-state index >= 15 is 0 Å². The van der Waals surface area contributed by atoms with Crippen LogP contribution in [0.3, 0.4) is 0 Å². The summed E-state index contributed by atoms with van der Waals surface area (Å²) in [4.78, 5) is 36.0. The normalized spacial score (nSPS) is 25.1. The molecule has 1 N–H and O–H groups in total. The summed E-state index contributed by atoms with van der Waals surface area (Å²) >= 11 is 17.0. The molecule has 0 aromatic rings. The summed E-state index contributed by atoms with van der Waals surface area (Å²) in [6, 6.07) is 0. The number of carboxylic acid groups (broad SMARTS) is 1. The van der Waals surface area contributed by atoms with Crippen LogP contribution in [0.5, 0.6) is 0 Å². The molecule has 0 bridgehead atoms. The number of esters is 1. The van der Waals surface area contributed by atoms with E-state index in [1.165, 1.54) is 0 Å². The Kier molecular flexibility index (Phi) is 15.0. The molecule has 2 rings (SSSR count). The molecule has 0 radical (unpaired) electrons. The van der Waals surface area contributed by atoms with Crippen LogP contribution in [0.1, 0.15) is 91.4 Å². The number of carbonyl (C=O) groups excluding carboxylic acids is 2. The monoisotopic (exact) mass is 622 g/mol. The molecular weight excluding hydrogens is 579 g/mol. The lowest BCUT2D eigenvalue weighted by Gasteiger charge is -2.36. The Morgan fingerprint density at radius 3 is 2.55 bits per heavy atom. The largest absolute Gasteiger partial charge is 0.481 e. The van der Waals surface area contributed by atoms with Gasteiger partial charge < -0.3 is 19.3 Å². The fourth-order valence-corrected chi connectivity index (χ4v) is 5.47. The number of alkyl halides is 3. The number of rotatable bonds is 16. The van der Waals surface area contributed by atoms with Gasteiger partial charge in [0.25, 0.3) is 3.79 Å². The number of allylic oxidation sites excluding steroid dienone is 3. The molecule has 0 aromatic carbocycles. The fourth-order valence-electron chi connectivity index (χ4n) is 5.31. The molecule has 1 aliphatic heterocycles. The predicted molar refractivity (Wildman–Crippen MR) is 157 cm³/mol. The van der Waals surface area contributed by atoms with E-state index in [4.69, 9.17) is 54.1 Å². The number of halogens is 3. The predicted octanol–water partition coefficient (Wildman–Crippen LogP) is 7.61. The van der Waals surface area contributed by atoms with E-state index in [-0.39, 0.29) is 60.8 Å². The Hall–Kier alpha value is -1.12. The van der Waals surface area contributed by atoms with Gasteiger partial charge in [0.2, 0.25) is 0 Å². The molecule has 2 aliphatic rings. The van der Waals surface area contributed by atoms with Gasteiger partial charge in [0.05, 0.1) is 12.7 Å². The summed E-state index contributed by atoms with van der Waals surface area (Å²) in [5, 5.41) is 8.84. The first-order chi connectivity index (χ1) is 18.8. The van der Waals surface area contributed by atoms with Crippen molar-refractivity contribution in [2.75, 3.05) is 13.2 Å². The molecule has 40 heavy (non-hydrogen) atoms. The average Bonchev–Trinajstić information content (AvgIpc) is 3.19. The minimum atomic E-state index is -2.19. The number of unbranched alkanes of at least 4 members (excludes halogenated alkanes) is 2. The minimum absolute atomic E-state index is 0.0389. The topological polar surface area (TPSA) is 99.1 Å². The van der Waals surface area contributed by atoms with Gasteiger partial charge in [-0.2, -0.15) is 0 Å². The maximum Gasteiger partial charge on any atom is 0.358 e. The van der Waals surface area contributed by atoms with Crippen molar-refractivity contribution in [1.29, 1.82) is 0 Å². The summed E-state index contributed by atoms with van der Waals surface area (Å²) < 4.78 is 15.5. The molecule has 1 heterocycles. The lowest BCUT2D eigenvalue weighted by molar-refractivity contribution is -0.197. The van der Waals surface area contributed by atoms with Crippen molar-refractivity contribution in [3.63, 3.8) is 0 Å². The van der Waals surface area contributed by atoms with E-state index in [2.05, 4.69) is 26.8 Å². The molecule has 1 saturated carbocycles. The van der Waals surface area contributed by atoms with Crippen molar-refractivity contribution in [3.05, 3.63) is 24.3 Å². The Balaban J connectivity index is 2.24. The quantitative estimate of drug-likeness (QED) is 0.0818. The maximum absolute atomic E-state index is 13.1. The Morgan fingerprint density at radius 1 is 1.18 bits per heavy atom. The minimum Gasteiger partial charge on any atom is -0.481 e. The van der Waals surface area contributed by atoms with Crippen molar-refractivity contribution in [3.8, 4) is 0 Å². The van der Waals surface area contributed by atoms with Gasteiger partial charge >= 0.3 is 11.9 Å². The van der Waals surface area contributed by atoms with Crippen LogP contribution in [-0.2, 0) is 28.6 Å². The van der Waals surface area contributed by atoms with E-state index in [0.29, 0.717) is 25.9 Å². The molecule has 1 saturated heterocycles. The molecule has 2 unspecified atom stereocenters. The SMILES string of the molecule is CCCCC(C)(C)C(/C=C/[C@H]1[C@H](COC(=O)C(Cl)(Cl)Cl)CC(=O)[C@@H]1C/C=C\CCCC(=O)O)OC1CCCCO1. The highest BCUT2D eigenvalue weighted by Gasteiger charge is 2.42. The van der Waals surface area contributed by atoms with Gasteiger partial charge in [-0.05, 0) is 56.3 Å². The first-order valence-corrected chi connectivity index (χ1v) is 15.6. The molecule has 1 aliphatic carbocycles. The standard InChI is InChI=1S/C30H45Cl3O7/c1-4-5-17-29(2,3)25(40-27-14-10-11-18-38-27)16-15-22-21(20-39-28(37)30(31,32)33)19-24(34)23(22)12-8-6-7-9-13-26(35)36/h6,8,15-16,21-23,25,27H,4-5,7,9-14,17-20H2,1-3H3,(H,35,36)/b8-6-,16-15+/t21-,22-,23+,25?,27?/m0/s1. The van der Waals surface area contributed by atoms with Crippen molar-refractivity contribution < 1.29 is 33.7 Å². The molecule has 0 spiro atoms. The first-order valence-electron chi connectivity index (χ1n) is 14.4. The van der Waals surface area contributed by atoms with Crippen LogP contribution in [0.4, 0.5) is 0 Å². The number of hydrogen-bond donors (Lipinski definition) is 1. The van der Waals surface area contributed by atoms with Crippen LogP contribution >= 0.6 is 34.8 Å². The van der Waals surface area contributed by atoms with Gasteiger partial charge in [0, 0.05) is 31.3 Å². The van der Waals surface area contributed by atoms with Crippen molar-refractivity contribution in [2.45, 2.75) is 108 Å². The van der Waals surface area contributed by atoms with Crippen LogP contribution in [0, 0.1) is 23.2 Å². The van der Waals surface area contributed by atoms with Gasteiger partial charge in [0.1, 0.15) is 5.78 Å². The summed E-state index contributed by atoms with van der Waals surface area (Å²) in [6.07, 6.45) is 15.6. The summed E-state index contributed by atoms with van der Waals surface area (Å²) in [5.74, 6) is -2.50. The Labute approximate surface area is 253 Å². The van der Waals surface area contributed by atoms with Gasteiger partial charge in [0.15, 0.2) is 6.29 Å². The van der Waals surface area contributed by atoms with Crippen LogP contribution in [0.2, 0.25) is 0 Å². The van der Waals surface area contributed by atoms with E-state index in [1.807, 2.05) is 18.2 Å². The first kappa shape index (κ1) is 35.1. The molecule has 5 atom stereocenters. The van der Waals surface area contributed by atoms with Crippen molar-refractivity contribution in [2.24, 2.45) is 23.2 Å². The molecule has 7 nitrogen and oxygen atoms in total. The molecule has 2 fully saturated rings. The summed E-state index contributed by atoms with van der Waals surface area (Å²) in [6.45, 7) is 7.20. The van der Waals surface area contributed by atoms with Crippen molar-refractivity contribution in [1.82, 2.24) is 0 Å². The zero-order valence-corrected chi connectivity index (χ0v) is 26.2. The zero-order chi connectivity index (χ0) is 29.8. The summed E-state index contributed by atoms with van der Waals surface area (Å²) in [5.41, 5.74) is -0.160.